The van der Waals surface area contributed by atoms with Gasteiger partial charge in [0.15, 0.2) is 0 Å². The van der Waals surface area contributed by atoms with Gasteiger partial charge >= 0.3 is 5.97 Å². The van der Waals surface area contributed by atoms with Crippen molar-refractivity contribution in [3.8, 4) is 11.5 Å². The minimum Gasteiger partial charge on any atom is -0.497 e. The van der Waals surface area contributed by atoms with Crippen LogP contribution >= 0.6 is 0 Å². The number of methoxy groups -OCH3 is 3. The van der Waals surface area contributed by atoms with Crippen LogP contribution in [-0.2, 0) is 9.53 Å². The van der Waals surface area contributed by atoms with Crippen molar-refractivity contribution < 1.29 is 19.0 Å². The van der Waals surface area contributed by atoms with Crippen molar-refractivity contribution >= 4 is 5.97 Å². The van der Waals surface area contributed by atoms with E-state index in [9.17, 15) is 4.79 Å². The van der Waals surface area contributed by atoms with Crippen molar-refractivity contribution in [3.63, 3.8) is 0 Å². The molecule has 24 heavy (non-hydrogen) atoms. The van der Waals surface area contributed by atoms with Crippen molar-refractivity contribution in [1.82, 2.24) is 0 Å². The molecule has 2 aromatic rings. The maximum absolute atomic E-state index is 11.5. The summed E-state index contributed by atoms with van der Waals surface area (Å²) >= 11 is 0. The van der Waals surface area contributed by atoms with Gasteiger partial charge in [0, 0.05) is 5.92 Å². The van der Waals surface area contributed by atoms with Crippen molar-refractivity contribution in [3.05, 3.63) is 60.2 Å². The summed E-state index contributed by atoms with van der Waals surface area (Å²) in [5.74, 6) is 1.92. The Labute approximate surface area is 143 Å². The molecule has 0 bridgehead atoms. The van der Waals surface area contributed by atoms with E-state index >= 15 is 0 Å². The summed E-state index contributed by atoms with van der Waals surface area (Å²) in [4.78, 5) is 11.5. The van der Waals surface area contributed by atoms with E-state index < -0.39 is 0 Å². The van der Waals surface area contributed by atoms with E-state index in [2.05, 4.69) is 0 Å². The quantitative estimate of drug-likeness (QED) is 0.794. The molecule has 0 saturated heterocycles. The first-order valence-corrected chi connectivity index (χ1v) is 8.01. The summed E-state index contributed by atoms with van der Waals surface area (Å²) in [6.07, 6.45) is 1.94. The van der Waals surface area contributed by atoms with Crippen LogP contribution in [0.15, 0.2) is 54.6 Å². The minimum absolute atomic E-state index is 0.00120. The maximum Gasteiger partial charge on any atom is 0.309 e. The fourth-order valence-electron chi connectivity index (χ4n) is 2.84. The van der Waals surface area contributed by atoms with Gasteiger partial charge in [0.1, 0.15) is 11.5 Å². The van der Waals surface area contributed by atoms with Gasteiger partial charge in [0.2, 0.25) is 0 Å². The Morgan fingerprint density at radius 1 is 0.875 bits per heavy atom. The lowest BCUT2D eigenvalue weighted by molar-refractivity contribution is -0.149. The Hall–Kier alpha value is -2.49. The topological polar surface area (TPSA) is 44.8 Å². The highest BCUT2D eigenvalue weighted by atomic mass is 16.5. The summed E-state index contributed by atoms with van der Waals surface area (Å²) in [6, 6.07) is 17.6. The predicted octanol–water partition coefficient (Wildman–Crippen LogP) is 4.06. The van der Waals surface area contributed by atoms with E-state index in [4.69, 9.17) is 14.2 Å². The Balaban J connectivity index is 0.000000219. The second-order valence-electron chi connectivity index (χ2n) is 5.57. The summed E-state index contributed by atoms with van der Waals surface area (Å²) in [6.45, 7) is 0. The lowest BCUT2D eigenvalue weighted by atomic mass is 9.70. The standard InChI is InChI=1S/C13H16O3.C7H8O/c1-15-12-6-4-3-5-10(12)9-7-8-11(9)13(14)16-2;1-8-7-5-3-2-4-6-7/h3-6,9,11H,7-8H2,1-2H3;2-6H,1H3/t9-,11-;/m1./s1. The summed E-state index contributed by atoms with van der Waals surface area (Å²) < 4.78 is 15.0. The average Bonchev–Trinajstić information content (AvgIpc) is 2.62. The number of hydrogen-bond donors (Lipinski definition) is 0. The SMILES string of the molecule is COC(=O)[C@@H]1CC[C@@H]1c1ccccc1OC.COc1ccccc1. The zero-order valence-electron chi connectivity index (χ0n) is 14.4. The van der Waals surface area contributed by atoms with Gasteiger partial charge in [-0.2, -0.15) is 0 Å². The number of benzene rings is 2. The Kier molecular flexibility index (Phi) is 6.67. The number of carbonyl (C=O) groups is 1. The Morgan fingerprint density at radius 3 is 2.04 bits per heavy atom. The van der Waals surface area contributed by atoms with E-state index in [1.807, 2.05) is 54.6 Å². The van der Waals surface area contributed by atoms with Gasteiger partial charge in [-0.05, 0) is 36.6 Å². The highest BCUT2D eigenvalue weighted by molar-refractivity contribution is 5.75. The Morgan fingerprint density at radius 2 is 1.54 bits per heavy atom. The first-order valence-electron chi connectivity index (χ1n) is 8.01. The molecule has 0 unspecified atom stereocenters. The Bertz CT molecular complexity index is 639. The van der Waals surface area contributed by atoms with E-state index in [0.29, 0.717) is 0 Å². The van der Waals surface area contributed by atoms with Gasteiger partial charge in [-0.25, -0.2) is 0 Å². The molecule has 0 radical (unpaired) electrons. The van der Waals surface area contributed by atoms with Gasteiger partial charge in [0.05, 0.1) is 27.2 Å². The molecule has 1 aliphatic carbocycles. The molecule has 1 saturated carbocycles. The van der Waals surface area contributed by atoms with Gasteiger partial charge in [-0.1, -0.05) is 36.4 Å². The highest BCUT2D eigenvalue weighted by Gasteiger charge is 2.39. The maximum atomic E-state index is 11.5. The van der Waals surface area contributed by atoms with Crippen LogP contribution in [0.5, 0.6) is 11.5 Å². The van der Waals surface area contributed by atoms with Gasteiger partial charge in [-0.3, -0.25) is 4.79 Å². The molecule has 0 N–H and O–H groups in total. The minimum atomic E-state index is -0.109. The summed E-state index contributed by atoms with van der Waals surface area (Å²) in [5, 5.41) is 0. The van der Waals surface area contributed by atoms with Crippen molar-refractivity contribution in [2.24, 2.45) is 5.92 Å². The van der Waals surface area contributed by atoms with Crippen LogP contribution < -0.4 is 9.47 Å². The molecule has 128 valence electrons. The molecule has 0 amide bonds. The molecule has 0 aliphatic heterocycles. The molecule has 0 spiro atoms. The molecule has 1 fully saturated rings. The third-order valence-electron chi connectivity index (χ3n) is 4.30. The van der Waals surface area contributed by atoms with Crippen molar-refractivity contribution in [1.29, 1.82) is 0 Å². The zero-order valence-corrected chi connectivity index (χ0v) is 14.4. The summed E-state index contributed by atoms with van der Waals surface area (Å²) in [7, 11) is 4.76. The number of esters is 1. The van der Waals surface area contributed by atoms with E-state index in [0.717, 1.165) is 29.9 Å². The fraction of sp³-hybridized carbons (Fsp3) is 0.350. The molecule has 4 heteroatoms. The molecular weight excluding hydrogens is 304 g/mol. The zero-order chi connectivity index (χ0) is 17.4. The molecule has 3 rings (SSSR count). The first kappa shape index (κ1) is 17.9. The van der Waals surface area contributed by atoms with Gasteiger partial charge < -0.3 is 14.2 Å². The molecule has 0 heterocycles. The molecule has 2 aromatic carbocycles. The van der Waals surface area contributed by atoms with E-state index in [1.54, 1.807) is 14.2 Å². The lowest BCUT2D eigenvalue weighted by Gasteiger charge is -2.35. The van der Waals surface area contributed by atoms with Crippen LogP contribution in [0.1, 0.15) is 24.3 Å². The third kappa shape index (κ3) is 4.28. The smallest absolute Gasteiger partial charge is 0.309 e. The normalized spacial score (nSPS) is 18.5. The molecular formula is C20H24O4. The van der Waals surface area contributed by atoms with E-state index in [-0.39, 0.29) is 17.8 Å². The van der Waals surface area contributed by atoms with Crippen molar-refractivity contribution in [2.75, 3.05) is 21.3 Å². The average molecular weight is 328 g/mol. The van der Waals surface area contributed by atoms with Crippen LogP contribution in [0.4, 0.5) is 0 Å². The lowest BCUT2D eigenvalue weighted by Crippen LogP contribution is -2.32. The van der Waals surface area contributed by atoms with Gasteiger partial charge in [0.25, 0.3) is 0 Å². The monoisotopic (exact) mass is 328 g/mol. The predicted molar refractivity (Wildman–Crippen MR) is 93.5 cm³/mol. The largest absolute Gasteiger partial charge is 0.497 e. The van der Waals surface area contributed by atoms with Crippen molar-refractivity contribution in [2.45, 2.75) is 18.8 Å². The molecule has 4 nitrogen and oxygen atoms in total. The van der Waals surface area contributed by atoms with Crippen LogP contribution in [0.2, 0.25) is 0 Å². The highest BCUT2D eigenvalue weighted by Crippen LogP contribution is 2.46. The van der Waals surface area contributed by atoms with E-state index in [1.165, 1.54) is 7.11 Å². The number of carbonyl (C=O) groups excluding carboxylic acids is 1. The van der Waals surface area contributed by atoms with Crippen LogP contribution in [0.25, 0.3) is 0 Å². The second kappa shape index (κ2) is 8.96. The number of rotatable bonds is 4. The molecule has 2 atom stereocenters. The molecule has 0 aromatic heterocycles. The third-order valence-corrected chi connectivity index (χ3v) is 4.30. The number of ether oxygens (including phenoxy) is 3. The summed E-state index contributed by atoms with van der Waals surface area (Å²) in [5.41, 5.74) is 1.12. The molecule has 1 aliphatic rings. The van der Waals surface area contributed by atoms with Crippen LogP contribution in [0.3, 0.4) is 0 Å². The van der Waals surface area contributed by atoms with Crippen LogP contribution in [-0.4, -0.2) is 27.3 Å². The fourth-order valence-corrected chi connectivity index (χ4v) is 2.84. The van der Waals surface area contributed by atoms with Crippen LogP contribution in [0, 0.1) is 5.92 Å². The first-order chi connectivity index (χ1) is 11.7. The van der Waals surface area contributed by atoms with Gasteiger partial charge in [-0.15, -0.1) is 0 Å². The second-order valence-corrected chi connectivity index (χ2v) is 5.57. The number of hydrogen-bond acceptors (Lipinski definition) is 4. The number of para-hydroxylation sites is 2.